The van der Waals surface area contributed by atoms with Gasteiger partial charge < -0.3 is 10.1 Å². The molecular weight excluding hydrogens is 398 g/mol. The van der Waals surface area contributed by atoms with E-state index in [1.807, 2.05) is 6.07 Å². The molecule has 0 aliphatic carbocycles. The lowest BCUT2D eigenvalue weighted by Crippen LogP contribution is -2.13. The molecule has 3 aromatic rings. The van der Waals surface area contributed by atoms with E-state index in [0.29, 0.717) is 11.1 Å². The molecule has 31 heavy (non-hydrogen) atoms. The highest BCUT2D eigenvalue weighted by Gasteiger charge is 2.22. The van der Waals surface area contributed by atoms with Crippen LogP contribution in [0.25, 0.3) is 0 Å². The molecule has 0 bridgehead atoms. The Morgan fingerprint density at radius 3 is 2.35 bits per heavy atom. The van der Waals surface area contributed by atoms with Gasteiger partial charge in [0, 0.05) is 24.2 Å². The Balaban J connectivity index is 1.84. The third-order valence-corrected chi connectivity index (χ3v) is 4.57. The number of rotatable bonds is 7. The van der Waals surface area contributed by atoms with Crippen LogP contribution in [0.2, 0.25) is 0 Å². The monoisotopic (exact) mass is 415 g/mol. The number of nitro groups is 1. The van der Waals surface area contributed by atoms with E-state index in [4.69, 9.17) is 10.00 Å². The molecule has 0 spiro atoms. The van der Waals surface area contributed by atoms with Crippen molar-refractivity contribution < 1.29 is 19.2 Å². The second-order valence-electron chi connectivity index (χ2n) is 6.50. The summed E-state index contributed by atoms with van der Waals surface area (Å²) in [6.07, 6.45) is 0. The zero-order valence-corrected chi connectivity index (χ0v) is 16.5. The SMILES string of the molecule is CNc1ccc(C(=O)c2ccccc2C(=O)OCc2ccc(C#N)cc2)cc1[N+](=O)[O-]. The standard InChI is InChI=1S/C23H17N3O5/c1-25-20-11-10-17(12-21(20)26(29)30)22(27)18-4-2-3-5-19(18)23(28)31-14-16-8-6-15(13-24)7-9-16/h2-12,25H,14H2,1H3. The van der Waals surface area contributed by atoms with E-state index in [2.05, 4.69) is 5.32 Å². The fourth-order valence-corrected chi connectivity index (χ4v) is 2.95. The van der Waals surface area contributed by atoms with Crippen molar-refractivity contribution >= 4 is 23.1 Å². The normalized spacial score (nSPS) is 10.1. The average Bonchev–Trinajstić information content (AvgIpc) is 2.81. The van der Waals surface area contributed by atoms with Gasteiger partial charge in [0.1, 0.15) is 12.3 Å². The molecule has 0 aliphatic rings. The Labute approximate surface area is 177 Å². The van der Waals surface area contributed by atoms with Crippen LogP contribution in [0.3, 0.4) is 0 Å². The van der Waals surface area contributed by atoms with Gasteiger partial charge >= 0.3 is 5.97 Å². The minimum atomic E-state index is -0.699. The molecule has 0 atom stereocenters. The van der Waals surface area contributed by atoms with Crippen molar-refractivity contribution in [2.24, 2.45) is 0 Å². The van der Waals surface area contributed by atoms with Crippen molar-refractivity contribution in [2.75, 3.05) is 12.4 Å². The highest BCUT2D eigenvalue weighted by atomic mass is 16.6. The topological polar surface area (TPSA) is 122 Å². The van der Waals surface area contributed by atoms with Gasteiger partial charge in [0.05, 0.1) is 22.1 Å². The summed E-state index contributed by atoms with van der Waals surface area (Å²) in [6, 6.07) is 18.8. The highest BCUT2D eigenvalue weighted by Crippen LogP contribution is 2.27. The van der Waals surface area contributed by atoms with Gasteiger partial charge in [-0.3, -0.25) is 14.9 Å². The third kappa shape index (κ3) is 4.74. The van der Waals surface area contributed by atoms with Crippen LogP contribution in [0.15, 0.2) is 66.7 Å². The molecule has 0 unspecified atom stereocenters. The first-order valence-corrected chi connectivity index (χ1v) is 9.20. The van der Waals surface area contributed by atoms with Crippen molar-refractivity contribution in [2.45, 2.75) is 6.61 Å². The van der Waals surface area contributed by atoms with Gasteiger partial charge in [0.15, 0.2) is 5.78 Å². The fourth-order valence-electron chi connectivity index (χ4n) is 2.95. The maximum absolute atomic E-state index is 13.0. The van der Waals surface area contributed by atoms with E-state index in [1.54, 1.807) is 43.4 Å². The molecule has 3 aromatic carbocycles. The molecule has 8 nitrogen and oxygen atoms in total. The van der Waals surface area contributed by atoms with Crippen LogP contribution in [0, 0.1) is 21.4 Å². The lowest BCUT2D eigenvalue weighted by atomic mass is 9.97. The van der Waals surface area contributed by atoms with Crippen molar-refractivity contribution in [3.63, 3.8) is 0 Å². The van der Waals surface area contributed by atoms with Crippen LogP contribution in [0.5, 0.6) is 0 Å². The molecule has 154 valence electrons. The molecule has 0 saturated carbocycles. The molecular formula is C23H17N3O5. The number of esters is 1. The molecule has 0 radical (unpaired) electrons. The van der Waals surface area contributed by atoms with Gasteiger partial charge in [-0.25, -0.2) is 4.79 Å². The smallest absolute Gasteiger partial charge is 0.339 e. The van der Waals surface area contributed by atoms with E-state index in [-0.39, 0.29) is 34.7 Å². The summed E-state index contributed by atoms with van der Waals surface area (Å²) in [7, 11) is 1.54. The van der Waals surface area contributed by atoms with Crippen LogP contribution in [-0.2, 0) is 11.3 Å². The van der Waals surface area contributed by atoms with Crippen molar-refractivity contribution in [1.82, 2.24) is 0 Å². The number of anilines is 1. The number of carbonyl (C=O) groups is 2. The molecule has 0 fully saturated rings. The molecule has 3 rings (SSSR count). The summed E-state index contributed by atoms with van der Waals surface area (Å²) < 4.78 is 5.32. The van der Waals surface area contributed by atoms with Gasteiger partial charge in [-0.1, -0.05) is 30.3 Å². The largest absolute Gasteiger partial charge is 0.457 e. The number of carbonyl (C=O) groups excluding carboxylic acids is 2. The average molecular weight is 415 g/mol. The molecule has 0 aromatic heterocycles. The Kier molecular flexibility index (Phi) is 6.38. The second kappa shape index (κ2) is 9.33. The molecule has 0 aliphatic heterocycles. The first-order valence-electron chi connectivity index (χ1n) is 9.20. The van der Waals surface area contributed by atoms with Crippen molar-refractivity contribution in [3.8, 4) is 6.07 Å². The quantitative estimate of drug-likeness (QED) is 0.267. The number of nitriles is 1. The summed E-state index contributed by atoms with van der Waals surface area (Å²) in [5.41, 5.74) is 1.43. The van der Waals surface area contributed by atoms with E-state index >= 15 is 0 Å². The number of hydrogen-bond acceptors (Lipinski definition) is 7. The lowest BCUT2D eigenvalue weighted by Gasteiger charge is -2.10. The number of nitrogens with zero attached hydrogens (tertiary/aromatic N) is 2. The molecule has 0 saturated heterocycles. The third-order valence-electron chi connectivity index (χ3n) is 4.57. The van der Waals surface area contributed by atoms with Gasteiger partial charge in [-0.05, 0) is 35.9 Å². The van der Waals surface area contributed by atoms with Crippen LogP contribution in [0.4, 0.5) is 11.4 Å². The first kappa shape index (κ1) is 21.2. The summed E-state index contributed by atoms with van der Waals surface area (Å²) in [5, 5.41) is 22.8. The minimum Gasteiger partial charge on any atom is -0.457 e. The second-order valence-corrected chi connectivity index (χ2v) is 6.50. The Bertz CT molecular complexity index is 1200. The van der Waals surface area contributed by atoms with E-state index < -0.39 is 16.7 Å². The Morgan fingerprint density at radius 1 is 1.06 bits per heavy atom. The van der Waals surface area contributed by atoms with Gasteiger partial charge in [-0.2, -0.15) is 5.26 Å². The van der Waals surface area contributed by atoms with E-state index in [9.17, 15) is 19.7 Å². The fraction of sp³-hybridized carbons (Fsp3) is 0.0870. The first-order chi connectivity index (χ1) is 14.9. The maximum atomic E-state index is 13.0. The van der Waals surface area contributed by atoms with Crippen LogP contribution in [0.1, 0.15) is 37.4 Å². The summed E-state index contributed by atoms with van der Waals surface area (Å²) in [4.78, 5) is 36.3. The van der Waals surface area contributed by atoms with Gasteiger partial charge in [0.25, 0.3) is 5.69 Å². The number of nitro benzene ring substituents is 1. The predicted octanol–water partition coefficient (Wildman–Crippen LogP) is 4.10. The number of benzene rings is 3. The summed E-state index contributed by atoms with van der Waals surface area (Å²) in [6.45, 7) is -0.0323. The Morgan fingerprint density at radius 2 is 1.74 bits per heavy atom. The van der Waals surface area contributed by atoms with Crippen LogP contribution >= 0.6 is 0 Å². The molecule has 1 N–H and O–H groups in total. The number of ether oxygens (including phenoxy) is 1. The van der Waals surface area contributed by atoms with Crippen molar-refractivity contribution in [1.29, 1.82) is 5.26 Å². The summed E-state index contributed by atoms with van der Waals surface area (Å²) in [5.74, 6) is -1.23. The maximum Gasteiger partial charge on any atom is 0.339 e. The Hall–Kier alpha value is -4.51. The van der Waals surface area contributed by atoms with Gasteiger partial charge in [-0.15, -0.1) is 0 Å². The van der Waals surface area contributed by atoms with Crippen molar-refractivity contribution in [3.05, 3.63) is 105 Å². The predicted molar refractivity (Wildman–Crippen MR) is 113 cm³/mol. The molecule has 0 amide bonds. The minimum absolute atomic E-state index is 0.0323. The van der Waals surface area contributed by atoms with Crippen LogP contribution in [-0.4, -0.2) is 23.7 Å². The highest BCUT2D eigenvalue weighted by molar-refractivity contribution is 6.14. The lowest BCUT2D eigenvalue weighted by molar-refractivity contribution is -0.384. The summed E-state index contributed by atoms with van der Waals surface area (Å²) >= 11 is 0. The molecule has 0 heterocycles. The van der Waals surface area contributed by atoms with Crippen LogP contribution < -0.4 is 5.32 Å². The number of hydrogen-bond donors (Lipinski definition) is 1. The number of ketones is 1. The van der Waals surface area contributed by atoms with Gasteiger partial charge in [0.2, 0.25) is 0 Å². The van der Waals surface area contributed by atoms with E-state index in [1.165, 1.54) is 30.3 Å². The number of nitrogens with one attached hydrogen (secondary N) is 1. The molecule has 8 heteroatoms. The zero-order valence-electron chi connectivity index (χ0n) is 16.5. The van der Waals surface area contributed by atoms with E-state index in [0.717, 1.165) is 0 Å². The zero-order chi connectivity index (χ0) is 22.4.